The van der Waals surface area contributed by atoms with E-state index >= 15 is 0 Å². The number of aromatic nitrogens is 6. The second-order valence-corrected chi connectivity index (χ2v) is 6.57. The third-order valence-corrected chi connectivity index (χ3v) is 4.92. The molecule has 3 aromatic heterocycles. The molecule has 1 aliphatic heterocycles. The fourth-order valence-electron chi connectivity index (χ4n) is 3.64. The molecule has 0 saturated heterocycles. The molecular formula is C18H17N7O. The van der Waals surface area contributed by atoms with E-state index in [1.165, 1.54) is 0 Å². The summed E-state index contributed by atoms with van der Waals surface area (Å²) in [5.41, 5.74) is 4.30. The van der Waals surface area contributed by atoms with Crippen molar-refractivity contribution in [2.75, 3.05) is 6.54 Å². The number of carbonyl (C=O) groups is 1. The standard InChI is InChI=1S/C18H17N7O/c1-24-7-11(6-21-24)13-8-25(9-15-16(13)20-10-19-15)18(26)17-12-4-2-3-5-14(12)22-23-17/h2-7,10,13H,8-9H2,1H3,(H,19,20)(H,22,23). The summed E-state index contributed by atoms with van der Waals surface area (Å²) in [4.78, 5) is 22.6. The van der Waals surface area contributed by atoms with E-state index in [0.29, 0.717) is 18.8 Å². The second-order valence-electron chi connectivity index (χ2n) is 6.57. The van der Waals surface area contributed by atoms with Crippen LogP contribution in [0, 0.1) is 0 Å². The predicted octanol–water partition coefficient (Wildman–Crippen LogP) is 1.81. The van der Waals surface area contributed by atoms with E-state index in [9.17, 15) is 4.79 Å². The second kappa shape index (κ2) is 5.55. The maximum atomic E-state index is 13.2. The van der Waals surface area contributed by atoms with Crippen molar-refractivity contribution in [3.63, 3.8) is 0 Å². The van der Waals surface area contributed by atoms with Gasteiger partial charge in [-0.3, -0.25) is 14.6 Å². The molecule has 0 spiro atoms. The molecule has 0 aliphatic carbocycles. The number of aryl methyl sites for hydroxylation is 1. The summed E-state index contributed by atoms with van der Waals surface area (Å²) in [6.07, 6.45) is 5.49. The van der Waals surface area contributed by atoms with Crippen LogP contribution in [0.3, 0.4) is 0 Å². The topological polar surface area (TPSA) is 95.5 Å². The fourth-order valence-corrected chi connectivity index (χ4v) is 3.64. The molecule has 1 atom stereocenters. The summed E-state index contributed by atoms with van der Waals surface area (Å²) >= 11 is 0. The predicted molar refractivity (Wildman–Crippen MR) is 94.5 cm³/mol. The van der Waals surface area contributed by atoms with Gasteiger partial charge in [0.05, 0.1) is 36.0 Å². The highest BCUT2D eigenvalue weighted by Crippen LogP contribution is 2.32. The van der Waals surface area contributed by atoms with Crippen LogP contribution in [0.5, 0.6) is 0 Å². The van der Waals surface area contributed by atoms with Crippen LogP contribution >= 0.6 is 0 Å². The molecule has 5 rings (SSSR count). The van der Waals surface area contributed by atoms with Gasteiger partial charge >= 0.3 is 0 Å². The first-order chi connectivity index (χ1) is 12.7. The van der Waals surface area contributed by atoms with Gasteiger partial charge in [-0.1, -0.05) is 18.2 Å². The van der Waals surface area contributed by atoms with E-state index in [1.807, 2.05) is 48.6 Å². The van der Waals surface area contributed by atoms with Crippen molar-refractivity contribution in [1.29, 1.82) is 0 Å². The summed E-state index contributed by atoms with van der Waals surface area (Å²) in [6.45, 7) is 1.04. The maximum Gasteiger partial charge on any atom is 0.275 e. The molecule has 130 valence electrons. The zero-order valence-corrected chi connectivity index (χ0v) is 14.2. The van der Waals surface area contributed by atoms with E-state index in [2.05, 4.69) is 25.3 Å². The molecule has 4 heterocycles. The molecule has 2 N–H and O–H groups in total. The lowest BCUT2D eigenvalue weighted by Crippen LogP contribution is -2.39. The van der Waals surface area contributed by atoms with Crippen molar-refractivity contribution < 1.29 is 4.79 Å². The quantitative estimate of drug-likeness (QED) is 0.578. The molecule has 0 fully saturated rings. The third-order valence-electron chi connectivity index (χ3n) is 4.92. The molecule has 0 radical (unpaired) electrons. The van der Waals surface area contributed by atoms with Crippen molar-refractivity contribution in [2.45, 2.75) is 12.5 Å². The minimum atomic E-state index is -0.0865. The van der Waals surface area contributed by atoms with Crippen molar-refractivity contribution >= 4 is 16.8 Å². The third kappa shape index (κ3) is 2.22. The van der Waals surface area contributed by atoms with Crippen LogP contribution in [-0.4, -0.2) is 47.3 Å². The van der Waals surface area contributed by atoms with E-state index in [1.54, 1.807) is 11.0 Å². The Morgan fingerprint density at radius 1 is 1.31 bits per heavy atom. The smallest absolute Gasteiger partial charge is 0.275 e. The van der Waals surface area contributed by atoms with Gasteiger partial charge in [-0.05, 0) is 6.07 Å². The van der Waals surface area contributed by atoms with Crippen LogP contribution in [0.1, 0.15) is 33.4 Å². The summed E-state index contributed by atoms with van der Waals surface area (Å²) in [6, 6.07) is 7.66. The molecule has 1 unspecified atom stereocenters. The molecule has 1 aromatic carbocycles. The average molecular weight is 347 g/mol. The lowest BCUT2D eigenvalue weighted by molar-refractivity contribution is 0.0718. The van der Waals surface area contributed by atoms with Gasteiger partial charge in [0.1, 0.15) is 0 Å². The van der Waals surface area contributed by atoms with Gasteiger partial charge < -0.3 is 9.88 Å². The number of para-hydroxylation sites is 1. The van der Waals surface area contributed by atoms with Crippen molar-refractivity contribution in [3.8, 4) is 0 Å². The van der Waals surface area contributed by atoms with Crippen LogP contribution in [0.25, 0.3) is 10.9 Å². The fraction of sp³-hybridized carbons (Fsp3) is 0.222. The molecule has 8 heteroatoms. The molecule has 0 bridgehead atoms. The molecule has 4 aromatic rings. The van der Waals surface area contributed by atoms with Gasteiger partial charge in [-0.15, -0.1) is 0 Å². The number of H-pyrrole nitrogens is 2. The van der Waals surface area contributed by atoms with Crippen LogP contribution in [-0.2, 0) is 13.6 Å². The number of nitrogens with one attached hydrogen (secondary N) is 2. The Bertz CT molecular complexity index is 1110. The number of imidazole rings is 1. The molecule has 0 saturated carbocycles. The number of benzene rings is 1. The minimum Gasteiger partial charge on any atom is -0.347 e. The maximum absolute atomic E-state index is 13.2. The Morgan fingerprint density at radius 2 is 2.19 bits per heavy atom. The molecular weight excluding hydrogens is 330 g/mol. The van der Waals surface area contributed by atoms with E-state index in [-0.39, 0.29) is 11.8 Å². The van der Waals surface area contributed by atoms with Gasteiger partial charge in [0, 0.05) is 36.7 Å². The number of fused-ring (bicyclic) bond motifs is 2. The summed E-state index contributed by atoms with van der Waals surface area (Å²) in [7, 11) is 1.89. The summed E-state index contributed by atoms with van der Waals surface area (Å²) < 4.78 is 1.77. The van der Waals surface area contributed by atoms with E-state index in [4.69, 9.17) is 0 Å². The van der Waals surface area contributed by atoms with Crippen molar-refractivity contribution in [1.82, 2.24) is 34.8 Å². The number of carbonyl (C=O) groups excluding carboxylic acids is 1. The SMILES string of the molecule is Cn1cc(C2CN(C(=O)c3n[nH]c4ccccc34)Cc3[nH]cnc32)cn1. The molecule has 26 heavy (non-hydrogen) atoms. The lowest BCUT2D eigenvalue weighted by atomic mass is 9.93. The normalized spacial score (nSPS) is 16.8. The number of aromatic amines is 2. The highest BCUT2D eigenvalue weighted by molar-refractivity contribution is 6.04. The highest BCUT2D eigenvalue weighted by atomic mass is 16.2. The number of rotatable bonds is 2. The molecule has 1 amide bonds. The average Bonchev–Trinajstić information content (AvgIpc) is 3.39. The Hall–Kier alpha value is -3.42. The van der Waals surface area contributed by atoms with Gasteiger partial charge in [0.25, 0.3) is 5.91 Å². The highest BCUT2D eigenvalue weighted by Gasteiger charge is 2.33. The molecule has 1 aliphatic rings. The number of nitrogens with zero attached hydrogens (tertiary/aromatic N) is 5. The molecule has 8 nitrogen and oxygen atoms in total. The zero-order chi connectivity index (χ0) is 17.7. The van der Waals surface area contributed by atoms with Crippen LogP contribution in [0.15, 0.2) is 43.0 Å². The van der Waals surface area contributed by atoms with Gasteiger partial charge in [0.2, 0.25) is 0 Å². The van der Waals surface area contributed by atoms with Crippen LogP contribution < -0.4 is 0 Å². The van der Waals surface area contributed by atoms with E-state index in [0.717, 1.165) is 27.9 Å². The van der Waals surface area contributed by atoms with Gasteiger partial charge in [-0.2, -0.15) is 10.2 Å². The van der Waals surface area contributed by atoms with Crippen molar-refractivity contribution in [3.05, 3.63) is 65.6 Å². The van der Waals surface area contributed by atoms with E-state index < -0.39 is 0 Å². The Morgan fingerprint density at radius 3 is 3.04 bits per heavy atom. The Balaban J connectivity index is 1.53. The first kappa shape index (κ1) is 14.9. The van der Waals surface area contributed by atoms with Crippen LogP contribution in [0.4, 0.5) is 0 Å². The minimum absolute atomic E-state index is 0.00661. The largest absolute Gasteiger partial charge is 0.347 e. The zero-order valence-electron chi connectivity index (χ0n) is 14.2. The first-order valence-electron chi connectivity index (χ1n) is 8.44. The number of amides is 1. The summed E-state index contributed by atoms with van der Waals surface area (Å²) in [5, 5.41) is 12.3. The van der Waals surface area contributed by atoms with Crippen molar-refractivity contribution in [2.24, 2.45) is 7.05 Å². The van der Waals surface area contributed by atoms with Gasteiger partial charge in [-0.25, -0.2) is 4.98 Å². The Labute approximate surface area is 148 Å². The first-order valence-corrected chi connectivity index (χ1v) is 8.44. The monoisotopic (exact) mass is 347 g/mol. The van der Waals surface area contributed by atoms with Gasteiger partial charge in [0.15, 0.2) is 5.69 Å². The number of hydrogen-bond acceptors (Lipinski definition) is 4. The number of hydrogen-bond donors (Lipinski definition) is 2. The van der Waals surface area contributed by atoms with Crippen LogP contribution in [0.2, 0.25) is 0 Å². The summed E-state index contributed by atoms with van der Waals surface area (Å²) in [5.74, 6) is -0.0931. The lowest BCUT2D eigenvalue weighted by Gasteiger charge is -2.31. The Kier molecular flexibility index (Phi) is 3.18.